The fourth-order valence-electron chi connectivity index (χ4n) is 2.28. The fourth-order valence-corrected chi connectivity index (χ4v) is 4.16. The van der Waals surface area contributed by atoms with Gasteiger partial charge in [-0.3, -0.25) is 0 Å². The van der Waals surface area contributed by atoms with E-state index in [1.54, 1.807) is 38.1 Å². The Morgan fingerprint density at radius 3 is 2.32 bits per heavy atom. The van der Waals surface area contributed by atoms with Crippen LogP contribution in [-0.4, -0.2) is 19.2 Å². The first-order chi connectivity index (χ1) is 12.1. The largest absolute Gasteiger partial charge is 0.497 e. The maximum atomic E-state index is 13.1. The topological polar surface area (TPSA) is 57.4 Å². The highest BCUT2D eigenvalue weighted by Crippen LogP contribution is 2.37. The van der Waals surface area contributed by atoms with Crippen LogP contribution in [0.3, 0.4) is 0 Å². The second-order valence-corrected chi connectivity index (χ2v) is 7.46. The minimum Gasteiger partial charge on any atom is -0.497 e. The van der Waals surface area contributed by atoms with Gasteiger partial charge in [-0.05, 0) is 42.0 Å². The van der Waals surface area contributed by atoms with Crippen molar-refractivity contribution in [3.8, 4) is 22.8 Å². The summed E-state index contributed by atoms with van der Waals surface area (Å²) in [5.74, 6) is 1.93. The van der Waals surface area contributed by atoms with E-state index in [1.165, 1.54) is 23.5 Å². The van der Waals surface area contributed by atoms with Crippen LogP contribution in [-0.2, 0) is 5.75 Å². The molecule has 0 atom stereocenters. The average molecular weight is 376 g/mol. The average Bonchev–Trinajstić information content (AvgIpc) is 3.01. The first-order valence-corrected chi connectivity index (χ1v) is 9.26. The van der Waals surface area contributed by atoms with E-state index in [1.807, 2.05) is 18.2 Å². The smallest absolute Gasteiger partial charge is 0.152 e. The molecule has 1 heterocycles. The summed E-state index contributed by atoms with van der Waals surface area (Å²) in [5, 5.41) is 0.623. The zero-order valence-corrected chi connectivity index (χ0v) is 15.4. The molecular formula is C18H17FN2O2S2. The molecule has 0 spiro atoms. The van der Waals surface area contributed by atoms with Crippen molar-refractivity contribution >= 4 is 28.1 Å². The van der Waals surface area contributed by atoms with Crippen molar-refractivity contribution in [1.29, 1.82) is 0 Å². The maximum absolute atomic E-state index is 13.1. The number of methoxy groups -OCH3 is 2. The molecule has 3 rings (SSSR count). The van der Waals surface area contributed by atoms with E-state index in [4.69, 9.17) is 15.2 Å². The van der Waals surface area contributed by atoms with Crippen LogP contribution in [0.2, 0.25) is 0 Å². The van der Waals surface area contributed by atoms with Gasteiger partial charge in [0.25, 0.3) is 0 Å². The van der Waals surface area contributed by atoms with Crippen LogP contribution in [0.5, 0.6) is 11.5 Å². The molecule has 25 heavy (non-hydrogen) atoms. The lowest BCUT2D eigenvalue weighted by molar-refractivity contribution is 0.393. The summed E-state index contributed by atoms with van der Waals surface area (Å²) in [7, 11) is 3.25. The zero-order chi connectivity index (χ0) is 17.8. The van der Waals surface area contributed by atoms with E-state index < -0.39 is 0 Å². The number of thiazole rings is 1. The third kappa shape index (κ3) is 4.24. The third-order valence-electron chi connectivity index (χ3n) is 3.52. The Labute approximate surface area is 153 Å². The molecule has 0 aliphatic heterocycles. The Morgan fingerprint density at radius 1 is 1.08 bits per heavy atom. The fraction of sp³-hybridized carbons (Fsp3) is 0.167. The van der Waals surface area contributed by atoms with Gasteiger partial charge in [-0.2, -0.15) is 0 Å². The number of anilines is 1. The number of ether oxygens (including phenoxy) is 2. The van der Waals surface area contributed by atoms with Crippen molar-refractivity contribution < 1.29 is 13.9 Å². The number of hydrogen-bond acceptors (Lipinski definition) is 6. The molecule has 0 aliphatic carbocycles. The Hall–Kier alpha value is -2.25. The summed E-state index contributed by atoms with van der Waals surface area (Å²) < 4.78 is 24.5. The first kappa shape index (κ1) is 17.6. The highest BCUT2D eigenvalue weighted by atomic mass is 32.2. The number of rotatable bonds is 6. The van der Waals surface area contributed by atoms with Crippen LogP contribution in [0.15, 0.2) is 46.8 Å². The van der Waals surface area contributed by atoms with E-state index in [-0.39, 0.29) is 5.82 Å². The normalized spacial score (nSPS) is 10.7. The summed E-state index contributed by atoms with van der Waals surface area (Å²) in [4.78, 5) is 4.58. The van der Waals surface area contributed by atoms with Crippen molar-refractivity contribution in [3.63, 3.8) is 0 Å². The van der Waals surface area contributed by atoms with Gasteiger partial charge in [-0.1, -0.05) is 23.1 Å². The molecule has 0 aliphatic rings. The first-order valence-electron chi connectivity index (χ1n) is 7.46. The van der Waals surface area contributed by atoms with Gasteiger partial charge in [-0.25, -0.2) is 9.37 Å². The van der Waals surface area contributed by atoms with Crippen molar-refractivity contribution in [3.05, 3.63) is 53.8 Å². The molecule has 4 nitrogen and oxygen atoms in total. The third-order valence-corrected chi connectivity index (χ3v) is 5.62. The lowest BCUT2D eigenvalue weighted by atomic mass is 10.2. The van der Waals surface area contributed by atoms with Crippen molar-refractivity contribution in [2.75, 3.05) is 20.0 Å². The summed E-state index contributed by atoms with van der Waals surface area (Å²) in [5.41, 5.74) is 8.65. The van der Waals surface area contributed by atoms with Crippen LogP contribution in [0.1, 0.15) is 5.56 Å². The van der Waals surface area contributed by atoms with E-state index in [0.29, 0.717) is 16.4 Å². The van der Waals surface area contributed by atoms with Gasteiger partial charge in [0.05, 0.1) is 14.2 Å². The SMILES string of the molecule is COc1cc(CSc2nc(-c3ccc(F)cc3)c(N)s2)cc(OC)c1. The quantitative estimate of drug-likeness (QED) is 0.624. The Kier molecular flexibility index (Phi) is 5.45. The van der Waals surface area contributed by atoms with E-state index in [0.717, 1.165) is 27.0 Å². The Morgan fingerprint density at radius 2 is 1.72 bits per heavy atom. The molecule has 0 fully saturated rings. The summed E-state index contributed by atoms with van der Waals surface area (Å²) in [6.07, 6.45) is 0. The molecule has 3 aromatic rings. The molecule has 1 aromatic heterocycles. The predicted molar refractivity (Wildman–Crippen MR) is 101 cm³/mol. The van der Waals surface area contributed by atoms with Crippen LogP contribution < -0.4 is 15.2 Å². The molecule has 0 amide bonds. The highest BCUT2D eigenvalue weighted by Gasteiger charge is 2.12. The number of hydrogen-bond donors (Lipinski definition) is 1. The van der Waals surface area contributed by atoms with Crippen LogP contribution in [0.4, 0.5) is 9.39 Å². The summed E-state index contributed by atoms with van der Waals surface area (Å²) in [6.45, 7) is 0. The lowest BCUT2D eigenvalue weighted by Crippen LogP contribution is -1.90. The van der Waals surface area contributed by atoms with E-state index in [9.17, 15) is 4.39 Å². The van der Waals surface area contributed by atoms with Gasteiger partial charge >= 0.3 is 0 Å². The van der Waals surface area contributed by atoms with Gasteiger partial charge in [0.15, 0.2) is 4.34 Å². The molecule has 2 aromatic carbocycles. The number of thioether (sulfide) groups is 1. The monoisotopic (exact) mass is 376 g/mol. The molecule has 2 N–H and O–H groups in total. The standard InChI is InChI=1S/C18H17FN2O2S2/c1-22-14-7-11(8-15(9-14)23-2)10-24-18-21-16(17(20)25-18)12-3-5-13(19)6-4-12/h3-9H,10,20H2,1-2H3. The second kappa shape index (κ2) is 7.76. The Balaban J connectivity index is 1.76. The number of halogens is 1. The molecule has 0 bridgehead atoms. The molecule has 0 saturated carbocycles. The molecular weight excluding hydrogens is 359 g/mol. The van der Waals surface area contributed by atoms with E-state index in [2.05, 4.69) is 4.98 Å². The molecule has 0 radical (unpaired) electrons. The summed E-state index contributed by atoms with van der Waals surface area (Å²) >= 11 is 3.01. The van der Waals surface area contributed by atoms with Crippen LogP contribution >= 0.6 is 23.1 Å². The molecule has 0 saturated heterocycles. The number of nitrogens with two attached hydrogens (primary N) is 1. The van der Waals surface area contributed by atoms with Gasteiger partial charge in [0, 0.05) is 17.4 Å². The molecule has 7 heteroatoms. The van der Waals surface area contributed by atoms with Gasteiger partial charge < -0.3 is 15.2 Å². The minimum absolute atomic E-state index is 0.279. The maximum Gasteiger partial charge on any atom is 0.152 e. The van der Waals surface area contributed by atoms with Crippen molar-refractivity contribution in [2.24, 2.45) is 0 Å². The van der Waals surface area contributed by atoms with Gasteiger partial charge in [0.2, 0.25) is 0 Å². The number of nitrogen functional groups attached to an aromatic ring is 1. The number of benzene rings is 2. The number of nitrogens with zero attached hydrogens (tertiary/aromatic N) is 1. The van der Waals surface area contributed by atoms with Crippen LogP contribution in [0, 0.1) is 5.82 Å². The summed E-state index contributed by atoms with van der Waals surface area (Å²) in [6, 6.07) is 11.9. The van der Waals surface area contributed by atoms with Gasteiger partial charge in [-0.15, -0.1) is 0 Å². The molecule has 130 valence electrons. The van der Waals surface area contributed by atoms with Crippen molar-refractivity contribution in [2.45, 2.75) is 10.1 Å². The van der Waals surface area contributed by atoms with Crippen molar-refractivity contribution in [1.82, 2.24) is 4.98 Å². The minimum atomic E-state index is -0.279. The van der Waals surface area contributed by atoms with Gasteiger partial charge in [0.1, 0.15) is 28.0 Å². The Bertz CT molecular complexity index is 844. The second-order valence-electron chi connectivity index (χ2n) is 5.21. The number of aromatic nitrogens is 1. The van der Waals surface area contributed by atoms with E-state index >= 15 is 0 Å². The van der Waals surface area contributed by atoms with Crippen LogP contribution in [0.25, 0.3) is 11.3 Å². The molecule has 0 unspecified atom stereocenters. The zero-order valence-electron chi connectivity index (χ0n) is 13.8. The predicted octanol–water partition coefficient (Wildman–Crippen LogP) is 4.84. The highest BCUT2D eigenvalue weighted by molar-refractivity contribution is 8.00. The lowest BCUT2D eigenvalue weighted by Gasteiger charge is -2.07.